The zero-order valence-electron chi connectivity index (χ0n) is 17.9. The second-order valence-corrected chi connectivity index (χ2v) is 7.92. The number of non-ortho nitro benzene ring substituents is 1. The van der Waals surface area contributed by atoms with Crippen LogP contribution in [-0.4, -0.2) is 14.5 Å². The number of rotatable bonds is 3. The van der Waals surface area contributed by atoms with Crippen molar-refractivity contribution in [1.29, 1.82) is 5.41 Å². The Morgan fingerprint density at radius 1 is 1.06 bits per heavy atom. The average Bonchev–Trinajstić information content (AvgIpc) is 2.82. The first-order valence-corrected chi connectivity index (χ1v) is 10.3. The molecule has 0 saturated heterocycles. The lowest BCUT2D eigenvalue weighted by Crippen LogP contribution is -2.29. The molecule has 0 saturated carbocycles. The monoisotopic (exact) mass is 500 g/mol. The van der Waals surface area contributed by atoms with Crippen molar-refractivity contribution in [3.8, 4) is 17.3 Å². The molecule has 5 rings (SSSR count). The number of fused-ring (bicyclic) bond motifs is 2. The molecule has 0 bridgehead atoms. The fourth-order valence-electron chi connectivity index (χ4n) is 4.13. The van der Waals surface area contributed by atoms with Crippen LogP contribution in [0.15, 0.2) is 67.0 Å². The van der Waals surface area contributed by atoms with E-state index < -0.39 is 34.2 Å². The Bertz CT molecular complexity index is 1600. The van der Waals surface area contributed by atoms with Gasteiger partial charge in [-0.15, -0.1) is 0 Å². The van der Waals surface area contributed by atoms with Crippen LogP contribution in [0, 0.1) is 27.2 Å². The number of hydrogen-bond donors (Lipinski definition) is 1. The third-order valence-electron chi connectivity index (χ3n) is 5.75. The van der Waals surface area contributed by atoms with Crippen molar-refractivity contribution in [2.24, 2.45) is 0 Å². The van der Waals surface area contributed by atoms with E-state index in [0.717, 1.165) is 35.2 Å². The first kappa shape index (κ1) is 23.1. The fourth-order valence-corrected chi connectivity index (χ4v) is 4.13. The van der Waals surface area contributed by atoms with Crippen molar-refractivity contribution in [1.82, 2.24) is 9.55 Å². The Hall–Kier alpha value is -4.61. The second-order valence-electron chi connectivity index (χ2n) is 7.92. The molecule has 1 aromatic heterocycles. The number of nitrogens with zero attached hydrogens (tertiary/aromatic N) is 3. The van der Waals surface area contributed by atoms with Crippen LogP contribution < -0.4 is 10.2 Å². The summed E-state index contributed by atoms with van der Waals surface area (Å²) in [4.78, 5) is 14.8. The number of halogens is 5. The lowest BCUT2D eigenvalue weighted by atomic mass is 9.83. The first-order valence-electron chi connectivity index (χ1n) is 10.3. The van der Waals surface area contributed by atoms with Gasteiger partial charge in [-0.2, -0.15) is 13.2 Å². The van der Waals surface area contributed by atoms with Crippen LogP contribution in [-0.2, 0) is 6.18 Å². The summed E-state index contributed by atoms with van der Waals surface area (Å²) in [6.07, 6.45) is -3.63. The topological polar surface area (TPSA) is 94.0 Å². The quantitative estimate of drug-likeness (QED) is 0.191. The molecular formula is C24H13F5N4O3. The van der Waals surface area contributed by atoms with Gasteiger partial charge in [0, 0.05) is 29.7 Å². The van der Waals surface area contributed by atoms with Crippen molar-refractivity contribution >= 4 is 5.69 Å². The summed E-state index contributed by atoms with van der Waals surface area (Å²) in [5, 5.41) is 20.2. The number of nitrogens with one attached hydrogen (secondary N) is 1. The van der Waals surface area contributed by atoms with E-state index in [4.69, 9.17) is 10.1 Å². The lowest BCUT2D eigenvalue weighted by Gasteiger charge is -2.29. The molecule has 1 unspecified atom stereocenters. The van der Waals surface area contributed by atoms with Gasteiger partial charge in [-0.25, -0.2) is 13.8 Å². The number of nitro benzene ring substituents is 1. The number of alkyl halides is 3. The van der Waals surface area contributed by atoms with E-state index in [9.17, 15) is 32.1 Å². The highest BCUT2D eigenvalue weighted by atomic mass is 19.4. The molecule has 1 aliphatic heterocycles. The van der Waals surface area contributed by atoms with Crippen molar-refractivity contribution < 1.29 is 31.6 Å². The maximum atomic E-state index is 14.5. The van der Waals surface area contributed by atoms with Gasteiger partial charge >= 0.3 is 6.18 Å². The molecular weight excluding hydrogens is 487 g/mol. The van der Waals surface area contributed by atoms with Gasteiger partial charge in [0.25, 0.3) is 5.69 Å². The molecule has 0 amide bonds. The summed E-state index contributed by atoms with van der Waals surface area (Å²) in [5.74, 6) is -3.23. The zero-order chi connectivity index (χ0) is 25.8. The number of ether oxygens (including phenoxy) is 1. The second kappa shape index (κ2) is 8.26. The number of benzene rings is 3. The molecule has 0 radical (unpaired) electrons. The molecule has 182 valence electrons. The van der Waals surface area contributed by atoms with Gasteiger partial charge in [0.1, 0.15) is 29.2 Å². The molecule has 1 N–H and O–H groups in total. The lowest BCUT2D eigenvalue weighted by molar-refractivity contribution is -0.384. The number of hydrogen-bond acceptors (Lipinski definition) is 5. The molecule has 1 aliphatic rings. The Morgan fingerprint density at radius 2 is 1.83 bits per heavy atom. The summed E-state index contributed by atoms with van der Waals surface area (Å²) in [5.41, 5.74) is -1.30. The molecule has 7 nitrogen and oxygen atoms in total. The Labute approximate surface area is 198 Å². The van der Waals surface area contributed by atoms with Crippen LogP contribution in [0.2, 0.25) is 0 Å². The third kappa shape index (κ3) is 3.85. The molecule has 3 aromatic carbocycles. The standard InChI is InChI=1S/C24H13F5N4O3/c25-14-5-7-18(17(26)10-14)32-11-31-23-21(22(32)30)20(12-2-1-3-15(8-12)33(34)35)16-6-4-13(24(27,28)29)9-19(16)36-23/h1-11,20,30H. The summed E-state index contributed by atoms with van der Waals surface area (Å²) < 4.78 is 74.6. The Balaban J connectivity index is 1.78. The maximum Gasteiger partial charge on any atom is 0.416 e. The van der Waals surface area contributed by atoms with Crippen LogP contribution >= 0.6 is 0 Å². The zero-order valence-corrected chi connectivity index (χ0v) is 17.9. The molecule has 12 heteroatoms. The van der Waals surface area contributed by atoms with Crippen LogP contribution in [0.3, 0.4) is 0 Å². The van der Waals surface area contributed by atoms with E-state index in [-0.39, 0.29) is 45.2 Å². The Morgan fingerprint density at radius 3 is 2.53 bits per heavy atom. The molecule has 2 heterocycles. The summed E-state index contributed by atoms with van der Waals surface area (Å²) in [6.45, 7) is 0. The van der Waals surface area contributed by atoms with E-state index in [1.807, 2.05) is 0 Å². The summed E-state index contributed by atoms with van der Waals surface area (Å²) >= 11 is 0. The average molecular weight is 500 g/mol. The van der Waals surface area contributed by atoms with E-state index in [1.165, 1.54) is 30.3 Å². The minimum Gasteiger partial charge on any atom is -0.438 e. The van der Waals surface area contributed by atoms with Crippen molar-refractivity contribution in [3.63, 3.8) is 0 Å². The summed E-state index contributed by atoms with van der Waals surface area (Å²) in [6, 6.07) is 10.9. The first-order chi connectivity index (χ1) is 17.0. The van der Waals surface area contributed by atoms with Crippen LogP contribution in [0.5, 0.6) is 11.6 Å². The minimum absolute atomic E-state index is 0.0361. The fraction of sp³-hybridized carbons (Fsp3) is 0.0833. The van der Waals surface area contributed by atoms with Gasteiger partial charge in [0.05, 0.1) is 21.7 Å². The molecule has 4 aromatic rings. The van der Waals surface area contributed by atoms with Gasteiger partial charge in [0.15, 0.2) is 0 Å². The van der Waals surface area contributed by atoms with E-state index in [0.29, 0.717) is 6.07 Å². The van der Waals surface area contributed by atoms with Crippen molar-refractivity contribution in [2.45, 2.75) is 12.1 Å². The van der Waals surface area contributed by atoms with Gasteiger partial charge in [-0.3, -0.25) is 20.1 Å². The van der Waals surface area contributed by atoms with Crippen LogP contribution in [0.4, 0.5) is 27.6 Å². The van der Waals surface area contributed by atoms with E-state index in [2.05, 4.69) is 4.98 Å². The van der Waals surface area contributed by atoms with Gasteiger partial charge in [-0.05, 0) is 29.8 Å². The Kier molecular flexibility index (Phi) is 5.31. The highest BCUT2D eigenvalue weighted by Gasteiger charge is 2.37. The molecule has 36 heavy (non-hydrogen) atoms. The third-order valence-corrected chi connectivity index (χ3v) is 5.75. The maximum absolute atomic E-state index is 14.5. The number of nitro groups is 1. The van der Waals surface area contributed by atoms with Crippen molar-refractivity contribution in [2.75, 3.05) is 0 Å². The normalized spacial score (nSPS) is 14.5. The van der Waals surface area contributed by atoms with Gasteiger partial charge in [-0.1, -0.05) is 18.2 Å². The predicted octanol–water partition coefficient (Wildman–Crippen LogP) is 5.84. The smallest absolute Gasteiger partial charge is 0.416 e. The van der Waals surface area contributed by atoms with Gasteiger partial charge < -0.3 is 4.74 Å². The number of aromatic nitrogens is 2. The molecule has 0 spiro atoms. The molecule has 0 aliphatic carbocycles. The van der Waals surface area contributed by atoms with E-state index >= 15 is 0 Å². The van der Waals surface area contributed by atoms with E-state index in [1.54, 1.807) is 0 Å². The largest absolute Gasteiger partial charge is 0.438 e. The predicted molar refractivity (Wildman–Crippen MR) is 115 cm³/mol. The van der Waals surface area contributed by atoms with Crippen LogP contribution in [0.25, 0.3) is 5.69 Å². The highest BCUT2D eigenvalue weighted by Crippen LogP contribution is 2.47. The van der Waals surface area contributed by atoms with Crippen LogP contribution in [0.1, 0.15) is 28.2 Å². The van der Waals surface area contributed by atoms with Gasteiger partial charge in [0.2, 0.25) is 5.88 Å². The highest BCUT2D eigenvalue weighted by molar-refractivity contribution is 5.58. The SMILES string of the molecule is N=c1c2c(ncn1-c1ccc(F)cc1F)Oc1cc(C(F)(F)F)ccc1C2c1cccc([N+](=O)[O-])c1. The summed E-state index contributed by atoms with van der Waals surface area (Å²) in [7, 11) is 0. The molecule has 1 atom stereocenters. The molecule has 0 fully saturated rings. The minimum atomic E-state index is -4.66. The van der Waals surface area contributed by atoms with Crippen molar-refractivity contribution in [3.05, 3.63) is 116 Å².